The van der Waals surface area contributed by atoms with E-state index in [9.17, 15) is 9.18 Å². The number of amides is 1. The van der Waals surface area contributed by atoms with Crippen LogP contribution in [0.1, 0.15) is 37.7 Å². The van der Waals surface area contributed by atoms with Crippen LogP contribution >= 0.6 is 11.6 Å². The average molecular weight is 339 g/mol. The quantitative estimate of drug-likeness (QED) is 0.817. The van der Waals surface area contributed by atoms with Crippen molar-refractivity contribution < 1.29 is 9.18 Å². The number of halogens is 2. The number of carbonyl (C=O) groups excluding carboxylic acids is 1. The molecule has 0 aromatic heterocycles. The molecule has 3 nitrogen and oxygen atoms in total. The largest absolute Gasteiger partial charge is 0.343 e. The molecule has 0 saturated carbocycles. The SMILES string of the molecule is O=C1CCCN1CCC1CCN(Cc2ccc(Cl)c(F)c2)CC1. The Bertz CT molecular complexity index is 558. The van der Waals surface area contributed by atoms with Crippen molar-refractivity contribution in [1.82, 2.24) is 9.80 Å². The summed E-state index contributed by atoms with van der Waals surface area (Å²) < 4.78 is 13.5. The van der Waals surface area contributed by atoms with Crippen LogP contribution in [-0.4, -0.2) is 41.9 Å². The van der Waals surface area contributed by atoms with Gasteiger partial charge in [0.2, 0.25) is 5.91 Å². The molecule has 0 spiro atoms. The number of hydrogen-bond donors (Lipinski definition) is 0. The molecule has 0 radical (unpaired) electrons. The van der Waals surface area contributed by atoms with Gasteiger partial charge in [0.1, 0.15) is 5.82 Å². The van der Waals surface area contributed by atoms with E-state index in [0.717, 1.165) is 70.4 Å². The van der Waals surface area contributed by atoms with Gasteiger partial charge in [0.25, 0.3) is 0 Å². The summed E-state index contributed by atoms with van der Waals surface area (Å²) in [6.07, 6.45) is 5.20. The van der Waals surface area contributed by atoms with E-state index in [-0.39, 0.29) is 10.8 Å². The average Bonchev–Trinajstić information content (AvgIpc) is 2.95. The molecule has 2 aliphatic rings. The van der Waals surface area contributed by atoms with Crippen molar-refractivity contribution in [2.75, 3.05) is 26.2 Å². The molecule has 2 fully saturated rings. The summed E-state index contributed by atoms with van der Waals surface area (Å²) in [4.78, 5) is 16.0. The molecule has 0 aliphatic carbocycles. The lowest BCUT2D eigenvalue weighted by Crippen LogP contribution is -2.35. The van der Waals surface area contributed by atoms with Gasteiger partial charge >= 0.3 is 0 Å². The number of piperidine rings is 1. The van der Waals surface area contributed by atoms with E-state index in [1.807, 2.05) is 11.0 Å². The zero-order valence-corrected chi connectivity index (χ0v) is 14.2. The summed E-state index contributed by atoms with van der Waals surface area (Å²) >= 11 is 5.72. The second-order valence-electron chi connectivity index (χ2n) is 6.74. The third-order valence-corrected chi connectivity index (χ3v) is 5.38. The monoisotopic (exact) mass is 338 g/mol. The number of likely N-dealkylation sites (tertiary alicyclic amines) is 2. The summed E-state index contributed by atoms with van der Waals surface area (Å²) in [5, 5.41) is 0.184. The molecule has 3 rings (SSSR count). The fourth-order valence-electron chi connectivity index (χ4n) is 3.61. The van der Waals surface area contributed by atoms with Gasteiger partial charge in [0.15, 0.2) is 0 Å². The first-order valence-corrected chi connectivity index (χ1v) is 8.93. The van der Waals surface area contributed by atoms with E-state index in [1.165, 1.54) is 6.07 Å². The Morgan fingerprint density at radius 2 is 2.00 bits per heavy atom. The van der Waals surface area contributed by atoms with Crippen LogP contribution in [-0.2, 0) is 11.3 Å². The van der Waals surface area contributed by atoms with Crippen molar-refractivity contribution in [1.29, 1.82) is 0 Å². The van der Waals surface area contributed by atoms with Gasteiger partial charge in [-0.15, -0.1) is 0 Å². The Labute approximate surface area is 142 Å². The third-order valence-electron chi connectivity index (χ3n) is 5.08. The molecule has 23 heavy (non-hydrogen) atoms. The second-order valence-corrected chi connectivity index (χ2v) is 7.15. The maximum absolute atomic E-state index is 13.5. The third kappa shape index (κ3) is 4.45. The van der Waals surface area contributed by atoms with E-state index in [4.69, 9.17) is 11.6 Å². The minimum Gasteiger partial charge on any atom is -0.343 e. The van der Waals surface area contributed by atoms with Crippen LogP contribution in [0.3, 0.4) is 0 Å². The second kappa shape index (κ2) is 7.63. The molecule has 126 valence electrons. The Balaban J connectivity index is 1.41. The smallest absolute Gasteiger partial charge is 0.222 e. The lowest BCUT2D eigenvalue weighted by Gasteiger charge is -2.32. The molecule has 2 heterocycles. The Kier molecular flexibility index (Phi) is 5.54. The standard InChI is InChI=1S/C18H24ClFN2O/c19-16-4-3-15(12-17(16)20)13-21-9-5-14(6-10-21)7-11-22-8-1-2-18(22)23/h3-4,12,14H,1-2,5-11,13H2. The molecule has 1 aromatic rings. The van der Waals surface area contributed by atoms with Gasteiger partial charge < -0.3 is 4.90 Å². The van der Waals surface area contributed by atoms with E-state index < -0.39 is 0 Å². The maximum atomic E-state index is 13.5. The zero-order chi connectivity index (χ0) is 16.2. The van der Waals surface area contributed by atoms with Crippen LogP contribution in [0, 0.1) is 11.7 Å². The molecular weight excluding hydrogens is 315 g/mol. The van der Waals surface area contributed by atoms with Crippen LogP contribution in [0.2, 0.25) is 5.02 Å². The highest BCUT2D eigenvalue weighted by molar-refractivity contribution is 6.30. The number of hydrogen-bond acceptors (Lipinski definition) is 2. The lowest BCUT2D eigenvalue weighted by atomic mass is 9.93. The molecule has 2 aliphatic heterocycles. The molecule has 1 amide bonds. The molecular formula is C18H24ClFN2O. The van der Waals surface area contributed by atoms with Crippen molar-refractivity contribution in [2.45, 2.75) is 38.6 Å². The highest BCUT2D eigenvalue weighted by Crippen LogP contribution is 2.24. The van der Waals surface area contributed by atoms with Crippen molar-refractivity contribution >= 4 is 17.5 Å². The fraction of sp³-hybridized carbons (Fsp3) is 0.611. The molecule has 0 atom stereocenters. The Morgan fingerprint density at radius 1 is 1.22 bits per heavy atom. The summed E-state index contributed by atoms with van der Waals surface area (Å²) in [6, 6.07) is 5.07. The Hall–Kier alpha value is -1.13. The van der Waals surface area contributed by atoms with Crippen LogP contribution < -0.4 is 0 Å². The first-order chi connectivity index (χ1) is 11.1. The molecule has 0 bridgehead atoms. The zero-order valence-electron chi connectivity index (χ0n) is 13.4. The summed E-state index contributed by atoms with van der Waals surface area (Å²) in [5.74, 6) is 0.697. The highest BCUT2D eigenvalue weighted by atomic mass is 35.5. The Morgan fingerprint density at radius 3 is 2.65 bits per heavy atom. The maximum Gasteiger partial charge on any atom is 0.222 e. The molecule has 0 N–H and O–H groups in total. The van der Waals surface area contributed by atoms with Gasteiger partial charge in [-0.25, -0.2) is 4.39 Å². The number of carbonyl (C=O) groups is 1. The van der Waals surface area contributed by atoms with Gasteiger partial charge in [0, 0.05) is 26.1 Å². The minimum atomic E-state index is -0.339. The van der Waals surface area contributed by atoms with Crippen molar-refractivity contribution in [3.05, 3.63) is 34.6 Å². The van der Waals surface area contributed by atoms with Crippen molar-refractivity contribution in [3.8, 4) is 0 Å². The van der Waals surface area contributed by atoms with Crippen LogP contribution in [0.5, 0.6) is 0 Å². The number of benzene rings is 1. The summed E-state index contributed by atoms with van der Waals surface area (Å²) in [6.45, 7) is 4.74. The first kappa shape index (κ1) is 16.7. The van der Waals surface area contributed by atoms with E-state index in [1.54, 1.807) is 6.07 Å². The van der Waals surface area contributed by atoms with Crippen LogP contribution in [0.15, 0.2) is 18.2 Å². The summed E-state index contributed by atoms with van der Waals surface area (Å²) in [7, 11) is 0. The van der Waals surface area contributed by atoms with E-state index >= 15 is 0 Å². The minimum absolute atomic E-state index is 0.184. The first-order valence-electron chi connectivity index (χ1n) is 8.56. The van der Waals surface area contributed by atoms with Gasteiger partial charge in [0.05, 0.1) is 5.02 Å². The molecule has 0 unspecified atom stereocenters. The molecule has 1 aromatic carbocycles. The molecule has 2 saturated heterocycles. The fourth-order valence-corrected chi connectivity index (χ4v) is 3.73. The van der Waals surface area contributed by atoms with Gasteiger partial charge in [-0.3, -0.25) is 9.69 Å². The van der Waals surface area contributed by atoms with Gasteiger partial charge in [-0.1, -0.05) is 17.7 Å². The number of rotatable bonds is 5. The van der Waals surface area contributed by atoms with Crippen molar-refractivity contribution in [3.63, 3.8) is 0 Å². The number of nitrogens with zero attached hydrogens (tertiary/aromatic N) is 2. The topological polar surface area (TPSA) is 23.6 Å². The van der Waals surface area contributed by atoms with E-state index in [2.05, 4.69) is 4.90 Å². The normalized spacial score (nSPS) is 20.4. The van der Waals surface area contributed by atoms with Gasteiger partial charge in [-0.2, -0.15) is 0 Å². The van der Waals surface area contributed by atoms with Crippen molar-refractivity contribution in [2.24, 2.45) is 5.92 Å². The van der Waals surface area contributed by atoms with E-state index in [0.29, 0.717) is 11.8 Å². The molecule has 5 heteroatoms. The van der Waals surface area contributed by atoms with Crippen LogP contribution in [0.4, 0.5) is 4.39 Å². The lowest BCUT2D eigenvalue weighted by molar-refractivity contribution is -0.127. The van der Waals surface area contributed by atoms with Gasteiger partial charge in [-0.05, 0) is 62.4 Å². The predicted molar refractivity (Wildman–Crippen MR) is 89.8 cm³/mol. The van der Waals surface area contributed by atoms with Crippen LogP contribution in [0.25, 0.3) is 0 Å². The summed E-state index contributed by atoms with van der Waals surface area (Å²) in [5.41, 5.74) is 0.980. The highest BCUT2D eigenvalue weighted by Gasteiger charge is 2.23. The predicted octanol–water partition coefficient (Wildman–Crippen LogP) is 3.70.